The highest BCUT2D eigenvalue weighted by Gasteiger charge is 2.25. The number of primary amides is 1. The van der Waals surface area contributed by atoms with E-state index >= 15 is 0 Å². The minimum absolute atomic E-state index is 0.378. The Morgan fingerprint density at radius 1 is 1.12 bits per heavy atom. The summed E-state index contributed by atoms with van der Waals surface area (Å²) in [5.74, 6) is -0.0895. The molecule has 0 bridgehead atoms. The molecule has 0 fully saturated rings. The molecule has 0 aromatic carbocycles. The maximum atomic E-state index is 11.3. The second-order valence-corrected chi connectivity index (χ2v) is 6.58. The minimum atomic E-state index is -0.565. The van der Waals surface area contributed by atoms with Gasteiger partial charge < -0.3 is 11.1 Å². The van der Waals surface area contributed by atoms with Crippen LogP contribution in [0.5, 0.6) is 0 Å². The van der Waals surface area contributed by atoms with Gasteiger partial charge in [0.1, 0.15) is 0 Å². The number of nitrogens with one attached hydrogen (secondary N) is 1. The van der Waals surface area contributed by atoms with Crippen LogP contribution in [-0.4, -0.2) is 25.8 Å². The van der Waals surface area contributed by atoms with Gasteiger partial charge in [0.05, 0.1) is 21.9 Å². The van der Waals surface area contributed by atoms with Crippen molar-refractivity contribution in [1.29, 1.82) is 0 Å². The molecule has 1 amide bonds. The minimum Gasteiger partial charge on any atom is -0.366 e. The molecule has 26 heavy (non-hydrogen) atoms. The van der Waals surface area contributed by atoms with Crippen LogP contribution in [0.3, 0.4) is 0 Å². The first-order valence-corrected chi connectivity index (χ1v) is 8.22. The van der Waals surface area contributed by atoms with Gasteiger partial charge in [0.2, 0.25) is 11.9 Å². The van der Waals surface area contributed by atoms with Crippen LogP contribution in [0.25, 0.3) is 11.3 Å². The third-order valence-corrected chi connectivity index (χ3v) is 4.07. The summed E-state index contributed by atoms with van der Waals surface area (Å²) < 4.78 is 0. The predicted octanol–water partition coefficient (Wildman–Crippen LogP) is 3.03. The van der Waals surface area contributed by atoms with E-state index in [2.05, 4.69) is 25.3 Å². The number of anilines is 1. The van der Waals surface area contributed by atoms with Crippen molar-refractivity contribution in [3.05, 3.63) is 65.3 Å². The first-order chi connectivity index (χ1) is 12.4. The fourth-order valence-corrected chi connectivity index (χ4v) is 2.81. The molecule has 132 valence electrons. The SMILES string of the molecule is CC(C)(Nc1ncc(-c2cc(C(N)=O)ccn2)cn1)c1ncccc1Cl. The van der Waals surface area contributed by atoms with Gasteiger partial charge in [-0.3, -0.25) is 14.8 Å². The first-order valence-electron chi connectivity index (χ1n) is 7.84. The van der Waals surface area contributed by atoms with Gasteiger partial charge in [0.25, 0.3) is 0 Å². The number of carbonyl (C=O) groups excluding carboxylic acids is 1. The predicted molar refractivity (Wildman–Crippen MR) is 99.7 cm³/mol. The Labute approximate surface area is 155 Å². The lowest BCUT2D eigenvalue weighted by Crippen LogP contribution is -2.30. The topological polar surface area (TPSA) is 107 Å². The van der Waals surface area contributed by atoms with Crippen molar-refractivity contribution < 1.29 is 4.79 Å². The molecule has 8 heteroatoms. The zero-order chi connectivity index (χ0) is 18.7. The summed E-state index contributed by atoms with van der Waals surface area (Å²) in [6.07, 6.45) is 6.46. The van der Waals surface area contributed by atoms with Gasteiger partial charge in [-0.2, -0.15) is 0 Å². The molecule has 3 heterocycles. The standard InChI is InChI=1S/C18H17ClN6O/c1-18(2,15-13(19)4-3-6-22-15)25-17-23-9-12(10-24-17)14-8-11(16(20)26)5-7-21-14/h3-10H,1-2H3,(H2,20,26)(H,23,24,25). The molecule has 0 aliphatic carbocycles. The van der Waals surface area contributed by atoms with Gasteiger partial charge in [-0.15, -0.1) is 0 Å². The first kappa shape index (κ1) is 17.8. The molecule has 7 nitrogen and oxygen atoms in total. The van der Waals surface area contributed by atoms with E-state index in [1.165, 1.54) is 6.20 Å². The lowest BCUT2D eigenvalue weighted by Gasteiger charge is -2.26. The number of hydrogen-bond acceptors (Lipinski definition) is 6. The highest BCUT2D eigenvalue weighted by atomic mass is 35.5. The molecular formula is C18H17ClN6O. The number of hydrogen-bond donors (Lipinski definition) is 2. The van der Waals surface area contributed by atoms with Crippen molar-refractivity contribution in [3.63, 3.8) is 0 Å². The van der Waals surface area contributed by atoms with Crippen molar-refractivity contribution in [1.82, 2.24) is 19.9 Å². The van der Waals surface area contributed by atoms with E-state index in [0.717, 1.165) is 0 Å². The Hall–Kier alpha value is -3.06. The molecule has 0 radical (unpaired) electrons. The van der Waals surface area contributed by atoms with E-state index in [-0.39, 0.29) is 0 Å². The quantitative estimate of drug-likeness (QED) is 0.716. The fourth-order valence-electron chi connectivity index (χ4n) is 2.45. The maximum absolute atomic E-state index is 11.3. The Morgan fingerprint density at radius 2 is 1.85 bits per heavy atom. The molecule has 3 N–H and O–H groups in total. The summed E-state index contributed by atoms with van der Waals surface area (Å²) in [7, 11) is 0. The van der Waals surface area contributed by atoms with Crippen LogP contribution >= 0.6 is 11.6 Å². The van der Waals surface area contributed by atoms with Crippen LogP contribution in [0.2, 0.25) is 5.02 Å². The van der Waals surface area contributed by atoms with Crippen LogP contribution in [0, 0.1) is 0 Å². The number of nitrogens with zero attached hydrogens (tertiary/aromatic N) is 4. The average Bonchev–Trinajstić information content (AvgIpc) is 2.62. The number of amides is 1. The number of nitrogens with two attached hydrogens (primary N) is 1. The summed E-state index contributed by atoms with van der Waals surface area (Å²) in [4.78, 5) is 28.5. The van der Waals surface area contributed by atoms with E-state index in [0.29, 0.717) is 33.5 Å². The zero-order valence-corrected chi connectivity index (χ0v) is 15.0. The molecular weight excluding hydrogens is 352 g/mol. The lowest BCUT2D eigenvalue weighted by molar-refractivity contribution is 0.1000. The Bertz CT molecular complexity index is 942. The van der Waals surface area contributed by atoms with Gasteiger partial charge in [0, 0.05) is 35.9 Å². The zero-order valence-electron chi connectivity index (χ0n) is 14.3. The number of aromatic nitrogens is 4. The number of carbonyl (C=O) groups is 1. The maximum Gasteiger partial charge on any atom is 0.248 e. The van der Waals surface area contributed by atoms with Crippen molar-refractivity contribution in [2.24, 2.45) is 5.73 Å². The lowest BCUT2D eigenvalue weighted by atomic mass is 10.00. The second kappa shape index (κ2) is 7.05. The van der Waals surface area contributed by atoms with Crippen LogP contribution in [-0.2, 0) is 5.54 Å². The van der Waals surface area contributed by atoms with Gasteiger partial charge >= 0.3 is 0 Å². The van der Waals surface area contributed by atoms with Gasteiger partial charge in [0.15, 0.2) is 0 Å². The highest BCUT2D eigenvalue weighted by Crippen LogP contribution is 2.28. The molecule has 0 unspecified atom stereocenters. The molecule has 0 atom stereocenters. The van der Waals surface area contributed by atoms with Crippen molar-refractivity contribution >= 4 is 23.5 Å². The molecule has 0 aliphatic heterocycles. The molecule has 3 aromatic heterocycles. The van der Waals surface area contributed by atoms with Gasteiger partial charge in [-0.25, -0.2) is 9.97 Å². The van der Waals surface area contributed by atoms with Crippen LogP contribution < -0.4 is 11.1 Å². The van der Waals surface area contributed by atoms with Gasteiger partial charge in [-0.05, 0) is 38.1 Å². The molecule has 0 spiro atoms. The van der Waals surface area contributed by atoms with Crippen LogP contribution in [0.1, 0.15) is 29.9 Å². The van der Waals surface area contributed by atoms with Crippen molar-refractivity contribution in [2.45, 2.75) is 19.4 Å². The summed E-state index contributed by atoms with van der Waals surface area (Å²) in [6, 6.07) is 6.72. The summed E-state index contributed by atoms with van der Waals surface area (Å²) in [6.45, 7) is 3.88. The average molecular weight is 369 g/mol. The highest BCUT2D eigenvalue weighted by molar-refractivity contribution is 6.31. The van der Waals surface area contributed by atoms with Crippen LogP contribution in [0.4, 0.5) is 5.95 Å². The monoisotopic (exact) mass is 368 g/mol. The van der Waals surface area contributed by atoms with E-state index in [4.69, 9.17) is 17.3 Å². The molecule has 3 rings (SSSR count). The molecule has 0 saturated carbocycles. The number of halogens is 1. The van der Waals surface area contributed by atoms with E-state index in [1.54, 1.807) is 42.9 Å². The van der Waals surface area contributed by atoms with Crippen molar-refractivity contribution in [2.75, 3.05) is 5.32 Å². The number of rotatable bonds is 5. The van der Waals surface area contributed by atoms with Crippen molar-refractivity contribution in [3.8, 4) is 11.3 Å². The third-order valence-electron chi connectivity index (χ3n) is 3.77. The van der Waals surface area contributed by atoms with E-state index in [9.17, 15) is 4.79 Å². The Morgan fingerprint density at radius 3 is 2.50 bits per heavy atom. The van der Waals surface area contributed by atoms with Crippen LogP contribution in [0.15, 0.2) is 49.1 Å². The van der Waals surface area contributed by atoms with Gasteiger partial charge in [-0.1, -0.05) is 11.6 Å². The largest absolute Gasteiger partial charge is 0.366 e. The van der Waals surface area contributed by atoms with E-state index in [1.807, 2.05) is 13.8 Å². The normalized spacial score (nSPS) is 11.2. The fraction of sp³-hybridized carbons (Fsp3) is 0.167. The Kier molecular flexibility index (Phi) is 4.81. The summed E-state index contributed by atoms with van der Waals surface area (Å²) >= 11 is 6.23. The molecule has 0 aliphatic rings. The molecule has 3 aromatic rings. The summed E-state index contributed by atoms with van der Waals surface area (Å²) in [5, 5.41) is 3.78. The van der Waals surface area contributed by atoms with E-state index < -0.39 is 11.4 Å². The summed E-state index contributed by atoms with van der Waals surface area (Å²) in [5.41, 5.74) is 7.05. The smallest absolute Gasteiger partial charge is 0.248 e. The third kappa shape index (κ3) is 3.78. The Balaban J connectivity index is 1.83. The molecule has 0 saturated heterocycles. The number of pyridine rings is 2. The second-order valence-electron chi connectivity index (χ2n) is 6.17.